The number of benzene rings is 2. The van der Waals surface area contributed by atoms with Crippen molar-refractivity contribution in [2.75, 3.05) is 17.6 Å². The highest BCUT2D eigenvalue weighted by atomic mass is 32.2. The molecule has 52 heavy (non-hydrogen) atoms. The maximum Gasteiger partial charge on any atom is 0.335 e. The maximum absolute atomic E-state index is 13.7. The minimum atomic E-state index is -1.68. The van der Waals surface area contributed by atoms with E-state index in [1.165, 1.54) is 107 Å². The molecule has 2 aromatic carbocycles. The van der Waals surface area contributed by atoms with Gasteiger partial charge in [0.25, 0.3) is 11.8 Å². The fourth-order valence-corrected chi connectivity index (χ4v) is 6.92. The number of ketones is 1. The summed E-state index contributed by atoms with van der Waals surface area (Å²) in [7, 11) is 0. The second kappa shape index (κ2) is 24.4. The van der Waals surface area contributed by atoms with Crippen LogP contribution in [0.2, 0.25) is 0 Å². The number of anilines is 1. The lowest BCUT2D eigenvalue weighted by Gasteiger charge is -2.27. The molecular formula is C41H60N2O8S. The summed E-state index contributed by atoms with van der Waals surface area (Å²) in [5.41, 5.74) is -0.506. The Labute approximate surface area is 314 Å². The van der Waals surface area contributed by atoms with Crippen molar-refractivity contribution in [1.29, 1.82) is 0 Å². The van der Waals surface area contributed by atoms with Crippen LogP contribution in [0.3, 0.4) is 0 Å². The van der Waals surface area contributed by atoms with Crippen molar-refractivity contribution in [2.24, 2.45) is 0 Å². The Balaban J connectivity index is 1.88. The van der Waals surface area contributed by atoms with Crippen molar-refractivity contribution in [3.05, 3.63) is 59.2 Å². The van der Waals surface area contributed by atoms with Crippen molar-refractivity contribution in [3.8, 4) is 5.75 Å². The molecule has 1 unspecified atom stereocenters. The van der Waals surface area contributed by atoms with Crippen molar-refractivity contribution in [2.45, 2.75) is 141 Å². The Hall–Kier alpha value is -3.86. The quantitative estimate of drug-likeness (QED) is 0.0492. The first-order valence-electron chi connectivity index (χ1n) is 19.0. The molecule has 0 bridgehead atoms. The Morgan fingerprint density at radius 1 is 0.692 bits per heavy atom. The van der Waals surface area contributed by atoms with Gasteiger partial charge in [0.2, 0.25) is 6.10 Å². The molecule has 0 saturated carbocycles. The first-order chi connectivity index (χ1) is 24.9. The molecule has 288 valence electrons. The smallest absolute Gasteiger partial charge is 0.335 e. The topological polar surface area (TPSA) is 159 Å². The van der Waals surface area contributed by atoms with E-state index < -0.39 is 34.5 Å². The molecule has 0 aliphatic carbocycles. The van der Waals surface area contributed by atoms with Crippen LogP contribution >= 0.6 is 11.8 Å². The van der Waals surface area contributed by atoms with Crippen molar-refractivity contribution >= 4 is 47.0 Å². The molecular weight excluding hydrogens is 681 g/mol. The molecule has 2 rings (SSSR count). The molecule has 4 N–H and O–H groups in total. The van der Waals surface area contributed by atoms with Crippen LogP contribution in [0.4, 0.5) is 5.69 Å². The van der Waals surface area contributed by atoms with E-state index in [9.17, 15) is 34.2 Å². The maximum atomic E-state index is 13.7. The van der Waals surface area contributed by atoms with Crippen LogP contribution in [0.1, 0.15) is 162 Å². The minimum Gasteiger partial charge on any atom is -0.478 e. The van der Waals surface area contributed by atoms with Gasteiger partial charge in [-0.05, 0) is 62.4 Å². The number of carboxylic acid groups (broad SMARTS) is 2. The number of hydrogen-bond acceptors (Lipinski definition) is 7. The molecule has 0 saturated heterocycles. The summed E-state index contributed by atoms with van der Waals surface area (Å²) >= 11 is 1.32. The lowest BCUT2D eigenvalue weighted by molar-refractivity contribution is -0.136. The number of aromatic carboxylic acids is 2. The van der Waals surface area contributed by atoms with E-state index in [4.69, 9.17) is 4.74 Å². The predicted octanol–water partition coefficient (Wildman–Crippen LogP) is 9.56. The second-order valence-electron chi connectivity index (χ2n) is 13.8. The van der Waals surface area contributed by atoms with Crippen LogP contribution in [-0.4, -0.2) is 62.9 Å². The molecule has 10 nitrogen and oxygen atoms in total. The van der Waals surface area contributed by atoms with Gasteiger partial charge in [0.15, 0.2) is 5.78 Å². The van der Waals surface area contributed by atoms with E-state index in [2.05, 4.69) is 17.6 Å². The summed E-state index contributed by atoms with van der Waals surface area (Å²) in [5, 5.41) is 24.3. The number of hydrogen-bond donors (Lipinski definition) is 4. The standard InChI is InChI=1S/C41H60N2O8S/c1-5-7-8-9-10-11-12-13-14-15-16-17-18-19-20-21-25-42-37(45)30-23-22-24-34(29-30)51-35(36(44)41(3,4)52-6-2)38(46)43-33-27-31(39(47)48)26-32(28-33)40(49)50/h22-24,26-29,35H,5-21,25H2,1-4H3,(H,42,45)(H,43,46)(H,47,48)(H,49,50). The van der Waals surface area contributed by atoms with E-state index in [-0.39, 0.29) is 28.5 Å². The number of carbonyl (C=O) groups is 5. The molecule has 0 aromatic heterocycles. The first kappa shape index (κ1) is 44.3. The lowest BCUT2D eigenvalue weighted by atomic mass is 10.0. The largest absolute Gasteiger partial charge is 0.478 e. The molecule has 0 aliphatic heterocycles. The van der Waals surface area contributed by atoms with Crippen molar-refractivity contribution < 1.29 is 38.9 Å². The van der Waals surface area contributed by atoms with Gasteiger partial charge in [-0.1, -0.05) is 116 Å². The zero-order valence-corrected chi connectivity index (χ0v) is 32.4. The average molecular weight is 741 g/mol. The number of nitrogens with one attached hydrogen (secondary N) is 2. The number of thioether (sulfide) groups is 1. The summed E-state index contributed by atoms with van der Waals surface area (Å²) in [6, 6.07) is 9.39. The summed E-state index contributed by atoms with van der Waals surface area (Å²) in [5.74, 6) is -3.82. The second-order valence-corrected chi connectivity index (χ2v) is 15.7. The summed E-state index contributed by atoms with van der Waals surface area (Å²) in [6.07, 6.45) is 18.7. The number of amides is 2. The number of carbonyl (C=O) groups excluding carboxylic acids is 3. The van der Waals surface area contributed by atoms with Gasteiger partial charge in [-0.2, -0.15) is 0 Å². The number of ether oxygens (including phenoxy) is 1. The molecule has 2 amide bonds. The monoisotopic (exact) mass is 740 g/mol. The van der Waals surface area contributed by atoms with E-state index in [0.717, 1.165) is 37.5 Å². The molecule has 0 heterocycles. The van der Waals surface area contributed by atoms with Crippen LogP contribution in [0.25, 0.3) is 0 Å². The Kier molecular flexibility index (Phi) is 20.8. The van der Waals surface area contributed by atoms with Gasteiger partial charge < -0.3 is 25.6 Å². The Morgan fingerprint density at radius 3 is 1.67 bits per heavy atom. The first-order valence-corrected chi connectivity index (χ1v) is 20.0. The predicted molar refractivity (Wildman–Crippen MR) is 209 cm³/mol. The third-order valence-electron chi connectivity index (χ3n) is 8.94. The van der Waals surface area contributed by atoms with Gasteiger partial charge >= 0.3 is 11.9 Å². The summed E-state index contributed by atoms with van der Waals surface area (Å²) in [6.45, 7) is 8.00. The Bertz CT molecular complexity index is 1410. The molecule has 11 heteroatoms. The molecule has 0 spiro atoms. The fraction of sp³-hybridized carbons (Fsp3) is 0.585. The number of unbranched alkanes of at least 4 members (excludes halogenated alkanes) is 15. The molecule has 0 fully saturated rings. The zero-order chi connectivity index (χ0) is 38.4. The highest BCUT2D eigenvalue weighted by Crippen LogP contribution is 2.29. The third-order valence-corrected chi connectivity index (χ3v) is 10.1. The van der Waals surface area contributed by atoms with Gasteiger partial charge in [0.05, 0.1) is 15.9 Å². The lowest BCUT2D eigenvalue weighted by Crippen LogP contribution is -2.48. The van der Waals surface area contributed by atoms with Crippen LogP contribution < -0.4 is 15.4 Å². The molecule has 1 atom stereocenters. The Morgan fingerprint density at radius 2 is 1.19 bits per heavy atom. The molecule has 2 aromatic rings. The normalized spacial score (nSPS) is 11.8. The zero-order valence-electron chi connectivity index (χ0n) is 31.6. The van der Waals surface area contributed by atoms with Crippen LogP contribution in [0, 0.1) is 0 Å². The molecule has 0 aliphatic rings. The number of Topliss-reactive ketones (excluding diaryl/α,β-unsaturated/α-hetero) is 1. The van der Waals surface area contributed by atoms with Crippen LogP contribution in [0.5, 0.6) is 5.75 Å². The van der Waals surface area contributed by atoms with Gasteiger partial charge in [-0.15, -0.1) is 11.8 Å². The van der Waals surface area contributed by atoms with Gasteiger partial charge in [0, 0.05) is 17.8 Å². The van der Waals surface area contributed by atoms with E-state index >= 15 is 0 Å². The van der Waals surface area contributed by atoms with Crippen molar-refractivity contribution in [3.63, 3.8) is 0 Å². The number of rotatable bonds is 28. The fourth-order valence-electron chi connectivity index (χ4n) is 5.95. The highest BCUT2D eigenvalue weighted by Gasteiger charge is 2.40. The van der Waals surface area contributed by atoms with Crippen LogP contribution in [-0.2, 0) is 9.59 Å². The van der Waals surface area contributed by atoms with Gasteiger partial charge in [-0.3, -0.25) is 14.4 Å². The van der Waals surface area contributed by atoms with E-state index in [0.29, 0.717) is 17.9 Å². The van der Waals surface area contributed by atoms with Gasteiger partial charge in [-0.25, -0.2) is 9.59 Å². The molecule has 0 radical (unpaired) electrons. The van der Waals surface area contributed by atoms with Crippen LogP contribution in [0.15, 0.2) is 42.5 Å². The minimum absolute atomic E-state index is 0.117. The van der Waals surface area contributed by atoms with Gasteiger partial charge in [0.1, 0.15) is 5.75 Å². The van der Waals surface area contributed by atoms with E-state index in [1.54, 1.807) is 26.0 Å². The summed E-state index contributed by atoms with van der Waals surface area (Å²) in [4.78, 5) is 63.3. The SMILES string of the molecule is CCCCCCCCCCCCCCCCCCNC(=O)c1cccc(OC(C(=O)Nc2cc(C(=O)O)cc(C(=O)O)c2)C(=O)C(C)(C)SCC)c1. The highest BCUT2D eigenvalue weighted by molar-refractivity contribution is 8.01. The summed E-state index contributed by atoms with van der Waals surface area (Å²) < 4.78 is 4.91. The average Bonchev–Trinajstić information content (AvgIpc) is 3.11. The van der Waals surface area contributed by atoms with E-state index in [1.807, 2.05) is 6.92 Å². The third kappa shape index (κ3) is 16.7. The number of carboxylic acids is 2. The van der Waals surface area contributed by atoms with Crippen molar-refractivity contribution in [1.82, 2.24) is 5.32 Å².